The Morgan fingerprint density at radius 3 is 2.64 bits per heavy atom. The molecule has 1 aromatic carbocycles. The van der Waals surface area contributed by atoms with Gasteiger partial charge in [0.15, 0.2) is 0 Å². The first-order valence-corrected chi connectivity index (χ1v) is 9.71. The lowest BCUT2D eigenvalue weighted by Crippen LogP contribution is -2.54. The van der Waals surface area contributed by atoms with E-state index in [1.807, 2.05) is 53.0 Å². The van der Waals surface area contributed by atoms with Crippen molar-refractivity contribution in [3.63, 3.8) is 0 Å². The Bertz CT molecular complexity index is 863. The van der Waals surface area contributed by atoms with Crippen LogP contribution in [-0.4, -0.2) is 69.3 Å². The minimum absolute atomic E-state index is 0.0422. The van der Waals surface area contributed by atoms with Crippen molar-refractivity contribution in [3.05, 3.63) is 54.1 Å². The number of carbonyl (C=O) groups is 2. The Morgan fingerprint density at radius 2 is 2.00 bits per heavy atom. The van der Waals surface area contributed by atoms with E-state index in [1.165, 1.54) is 0 Å². The lowest BCUT2D eigenvalue weighted by Gasteiger charge is -2.40. The molecular formula is C21H27N5O2. The van der Waals surface area contributed by atoms with Crippen LogP contribution in [0.2, 0.25) is 0 Å². The molecular weight excluding hydrogens is 354 g/mol. The maximum atomic E-state index is 13.2. The molecule has 0 bridgehead atoms. The number of hydrogen-bond donors (Lipinski definition) is 0. The van der Waals surface area contributed by atoms with Gasteiger partial charge in [0.1, 0.15) is 5.82 Å². The van der Waals surface area contributed by atoms with Gasteiger partial charge in [-0.05, 0) is 12.0 Å². The molecule has 0 spiro atoms. The van der Waals surface area contributed by atoms with Crippen LogP contribution in [0.4, 0.5) is 0 Å². The van der Waals surface area contributed by atoms with Crippen LogP contribution in [0.15, 0.2) is 42.7 Å². The van der Waals surface area contributed by atoms with Crippen molar-refractivity contribution in [3.8, 4) is 0 Å². The number of amides is 2. The molecule has 2 aromatic rings. The molecule has 3 atom stereocenters. The van der Waals surface area contributed by atoms with Crippen molar-refractivity contribution in [2.24, 2.45) is 13.0 Å². The standard InChI is InChI=1S/C21H27N5O2/c1-23(2)21(28)17-11-16-12-25(13-18-22-9-10-24(18)3)14-19(27)26(16)20(17)15-7-5-4-6-8-15/h4-10,16-17,20H,11-14H2,1-3H3/t16-,17-,20-/m1/s1. The maximum Gasteiger partial charge on any atom is 0.237 e. The van der Waals surface area contributed by atoms with Crippen molar-refractivity contribution in [2.45, 2.75) is 25.0 Å². The summed E-state index contributed by atoms with van der Waals surface area (Å²) in [6, 6.07) is 9.81. The van der Waals surface area contributed by atoms with Gasteiger partial charge in [-0.15, -0.1) is 0 Å². The lowest BCUT2D eigenvalue weighted by atomic mass is 9.92. The summed E-state index contributed by atoms with van der Waals surface area (Å²) in [7, 11) is 5.54. The summed E-state index contributed by atoms with van der Waals surface area (Å²) in [5.74, 6) is 0.916. The summed E-state index contributed by atoms with van der Waals surface area (Å²) in [4.78, 5) is 36.2. The number of hydrogen-bond acceptors (Lipinski definition) is 4. The van der Waals surface area contributed by atoms with Gasteiger partial charge in [-0.1, -0.05) is 30.3 Å². The number of benzene rings is 1. The normalized spacial score (nSPS) is 25.0. The highest BCUT2D eigenvalue weighted by atomic mass is 16.2. The van der Waals surface area contributed by atoms with Gasteiger partial charge in [-0.3, -0.25) is 14.5 Å². The molecule has 1 aromatic heterocycles. The first kappa shape index (κ1) is 18.7. The molecule has 3 heterocycles. The van der Waals surface area contributed by atoms with Crippen LogP contribution in [0, 0.1) is 5.92 Å². The third-order valence-electron chi connectivity index (χ3n) is 5.90. The van der Waals surface area contributed by atoms with Gasteiger partial charge < -0.3 is 14.4 Å². The van der Waals surface area contributed by atoms with E-state index >= 15 is 0 Å². The molecule has 28 heavy (non-hydrogen) atoms. The zero-order valence-electron chi connectivity index (χ0n) is 16.7. The molecule has 2 amide bonds. The van der Waals surface area contributed by atoms with E-state index in [9.17, 15) is 9.59 Å². The number of rotatable bonds is 4. The van der Waals surface area contributed by atoms with Crippen LogP contribution in [0.3, 0.4) is 0 Å². The van der Waals surface area contributed by atoms with E-state index in [1.54, 1.807) is 25.2 Å². The third-order valence-corrected chi connectivity index (χ3v) is 5.90. The van der Waals surface area contributed by atoms with Gasteiger partial charge >= 0.3 is 0 Å². The summed E-state index contributed by atoms with van der Waals surface area (Å²) >= 11 is 0. The molecule has 7 nitrogen and oxygen atoms in total. The Labute approximate surface area is 165 Å². The Kier molecular flexibility index (Phi) is 4.93. The molecule has 2 aliphatic rings. The molecule has 2 aliphatic heterocycles. The van der Waals surface area contributed by atoms with Gasteiger partial charge in [-0.25, -0.2) is 4.98 Å². The van der Waals surface area contributed by atoms with Gasteiger partial charge in [0.2, 0.25) is 11.8 Å². The Balaban J connectivity index is 1.61. The van der Waals surface area contributed by atoms with Crippen molar-refractivity contribution in [2.75, 3.05) is 27.2 Å². The smallest absolute Gasteiger partial charge is 0.237 e. The SMILES string of the molecule is CN(C)C(=O)[C@@H]1C[C@@H]2CN(Cc3nccn3C)CC(=O)N2[C@@H]1c1ccccc1. The maximum absolute atomic E-state index is 13.2. The van der Waals surface area contributed by atoms with E-state index in [0.717, 1.165) is 17.9 Å². The highest BCUT2D eigenvalue weighted by molar-refractivity contribution is 5.85. The summed E-state index contributed by atoms with van der Waals surface area (Å²) in [6.07, 6.45) is 4.39. The Hall–Kier alpha value is -2.67. The number of aromatic nitrogens is 2. The molecule has 4 rings (SSSR count). The largest absolute Gasteiger partial charge is 0.349 e. The molecule has 0 unspecified atom stereocenters. The second kappa shape index (κ2) is 7.39. The zero-order valence-corrected chi connectivity index (χ0v) is 16.7. The van der Waals surface area contributed by atoms with Crippen LogP contribution >= 0.6 is 0 Å². The molecule has 148 valence electrons. The second-order valence-corrected chi connectivity index (χ2v) is 8.01. The topological polar surface area (TPSA) is 61.7 Å². The van der Waals surface area contributed by atoms with Gasteiger partial charge in [0.05, 0.1) is 25.0 Å². The summed E-state index contributed by atoms with van der Waals surface area (Å²) < 4.78 is 1.98. The minimum atomic E-state index is -0.209. The van der Waals surface area contributed by atoms with E-state index in [4.69, 9.17) is 0 Å². The fraction of sp³-hybridized carbons (Fsp3) is 0.476. The van der Waals surface area contributed by atoms with E-state index in [0.29, 0.717) is 19.5 Å². The van der Waals surface area contributed by atoms with Crippen molar-refractivity contribution in [1.29, 1.82) is 0 Å². The highest BCUT2D eigenvalue weighted by Crippen LogP contribution is 2.43. The predicted molar refractivity (Wildman–Crippen MR) is 105 cm³/mol. The highest BCUT2D eigenvalue weighted by Gasteiger charge is 2.50. The van der Waals surface area contributed by atoms with Crippen LogP contribution in [0.5, 0.6) is 0 Å². The number of fused-ring (bicyclic) bond motifs is 1. The fourth-order valence-electron chi connectivity index (χ4n) is 4.59. The average Bonchev–Trinajstić information content (AvgIpc) is 3.25. The number of carbonyl (C=O) groups excluding carboxylic acids is 2. The number of piperazine rings is 1. The molecule has 0 saturated carbocycles. The summed E-state index contributed by atoms with van der Waals surface area (Å²) in [5, 5.41) is 0. The van der Waals surface area contributed by atoms with E-state index < -0.39 is 0 Å². The fourth-order valence-corrected chi connectivity index (χ4v) is 4.59. The van der Waals surface area contributed by atoms with Crippen molar-refractivity contribution in [1.82, 2.24) is 24.3 Å². The number of aryl methyl sites for hydroxylation is 1. The summed E-state index contributed by atoms with van der Waals surface area (Å²) in [5.41, 5.74) is 1.04. The number of imidazole rings is 1. The molecule has 2 fully saturated rings. The van der Waals surface area contributed by atoms with E-state index in [2.05, 4.69) is 9.88 Å². The lowest BCUT2D eigenvalue weighted by molar-refractivity contribution is -0.142. The average molecular weight is 381 g/mol. The van der Waals surface area contributed by atoms with Gasteiger partial charge in [-0.2, -0.15) is 0 Å². The monoisotopic (exact) mass is 381 g/mol. The predicted octanol–water partition coefficient (Wildman–Crippen LogP) is 1.28. The van der Waals surface area contributed by atoms with Crippen LogP contribution in [-0.2, 0) is 23.2 Å². The first-order valence-electron chi connectivity index (χ1n) is 9.71. The van der Waals surface area contributed by atoms with Crippen molar-refractivity contribution >= 4 is 11.8 Å². The van der Waals surface area contributed by atoms with Crippen LogP contribution in [0.25, 0.3) is 0 Å². The minimum Gasteiger partial charge on any atom is -0.349 e. The van der Waals surface area contributed by atoms with Crippen LogP contribution in [0.1, 0.15) is 23.9 Å². The summed E-state index contributed by atoms with van der Waals surface area (Å²) in [6.45, 7) is 1.76. The number of nitrogens with zero attached hydrogens (tertiary/aromatic N) is 5. The Morgan fingerprint density at radius 1 is 1.25 bits per heavy atom. The molecule has 0 radical (unpaired) electrons. The molecule has 2 saturated heterocycles. The zero-order chi connectivity index (χ0) is 19.8. The molecule has 7 heteroatoms. The molecule has 0 aliphatic carbocycles. The quantitative estimate of drug-likeness (QED) is 0.801. The van der Waals surface area contributed by atoms with Crippen LogP contribution < -0.4 is 0 Å². The van der Waals surface area contributed by atoms with E-state index in [-0.39, 0.29) is 29.8 Å². The first-order chi connectivity index (χ1) is 13.5. The van der Waals surface area contributed by atoms with Crippen molar-refractivity contribution < 1.29 is 9.59 Å². The molecule has 0 N–H and O–H groups in total. The van der Waals surface area contributed by atoms with Gasteiger partial charge in [0, 0.05) is 46.1 Å². The second-order valence-electron chi connectivity index (χ2n) is 8.01. The third kappa shape index (κ3) is 3.30. The van der Waals surface area contributed by atoms with Gasteiger partial charge in [0.25, 0.3) is 0 Å².